The van der Waals surface area contributed by atoms with Crippen LogP contribution in [0.2, 0.25) is 0 Å². The van der Waals surface area contributed by atoms with Crippen LogP contribution in [-0.2, 0) is 11.2 Å². The minimum atomic E-state index is -0.443. The van der Waals surface area contributed by atoms with Gasteiger partial charge in [-0.1, -0.05) is 26.0 Å². The van der Waals surface area contributed by atoms with E-state index in [1.165, 1.54) is 23.8 Å². The standard InChI is InChI=1S/C20H24FNO3/c1-14(2)12-15-4-6-16(7-5-15)20(23)22-18-13-17(21)8-9-19(18)25-11-10-24-3/h4-9,13-14H,10-12H2,1-3H3,(H,22,23). The number of nitrogens with one attached hydrogen (secondary N) is 1. The van der Waals surface area contributed by atoms with E-state index in [-0.39, 0.29) is 5.91 Å². The molecule has 2 rings (SSSR count). The largest absolute Gasteiger partial charge is 0.489 e. The number of amides is 1. The van der Waals surface area contributed by atoms with Crippen molar-refractivity contribution in [2.24, 2.45) is 5.92 Å². The third-order valence-corrected chi connectivity index (χ3v) is 3.59. The Hall–Kier alpha value is -2.40. The Morgan fingerprint density at radius 3 is 2.48 bits per heavy atom. The van der Waals surface area contributed by atoms with Crippen LogP contribution in [0.5, 0.6) is 5.75 Å². The molecule has 0 saturated heterocycles. The van der Waals surface area contributed by atoms with Crippen molar-refractivity contribution in [3.63, 3.8) is 0 Å². The van der Waals surface area contributed by atoms with Gasteiger partial charge in [-0.25, -0.2) is 4.39 Å². The zero-order valence-electron chi connectivity index (χ0n) is 14.8. The SMILES string of the molecule is COCCOc1ccc(F)cc1NC(=O)c1ccc(CC(C)C)cc1. The summed E-state index contributed by atoms with van der Waals surface area (Å²) in [7, 11) is 1.57. The zero-order valence-corrected chi connectivity index (χ0v) is 14.8. The number of carbonyl (C=O) groups excluding carboxylic acids is 1. The summed E-state index contributed by atoms with van der Waals surface area (Å²) >= 11 is 0. The van der Waals surface area contributed by atoms with Gasteiger partial charge >= 0.3 is 0 Å². The first-order valence-electron chi connectivity index (χ1n) is 8.31. The fourth-order valence-corrected chi connectivity index (χ4v) is 2.42. The van der Waals surface area contributed by atoms with E-state index in [0.29, 0.717) is 36.1 Å². The summed E-state index contributed by atoms with van der Waals surface area (Å²) in [5, 5.41) is 2.71. The molecule has 0 radical (unpaired) electrons. The Labute approximate surface area is 148 Å². The number of rotatable bonds is 8. The lowest BCUT2D eigenvalue weighted by molar-refractivity contribution is 0.102. The van der Waals surface area contributed by atoms with Crippen molar-refractivity contribution < 1.29 is 18.7 Å². The van der Waals surface area contributed by atoms with E-state index in [1.807, 2.05) is 12.1 Å². The maximum atomic E-state index is 13.5. The van der Waals surface area contributed by atoms with Crippen LogP contribution in [0.15, 0.2) is 42.5 Å². The number of benzene rings is 2. The fourth-order valence-electron chi connectivity index (χ4n) is 2.42. The predicted molar refractivity (Wildman–Crippen MR) is 96.7 cm³/mol. The molecule has 25 heavy (non-hydrogen) atoms. The fraction of sp³-hybridized carbons (Fsp3) is 0.350. The topological polar surface area (TPSA) is 47.6 Å². The molecule has 1 N–H and O–H groups in total. The second kappa shape index (κ2) is 9.18. The minimum absolute atomic E-state index is 0.298. The molecule has 2 aromatic rings. The van der Waals surface area contributed by atoms with Gasteiger partial charge in [0.25, 0.3) is 5.91 Å². The van der Waals surface area contributed by atoms with Gasteiger partial charge in [0.05, 0.1) is 12.3 Å². The maximum Gasteiger partial charge on any atom is 0.255 e. The lowest BCUT2D eigenvalue weighted by Crippen LogP contribution is -2.14. The Morgan fingerprint density at radius 1 is 1.12 bits per heavy atom. The van der Waals surface area contributed by atoms with Crippen LogP contribution in [0.3, 0.4) is 0 Å². The molecule has 0 fully saturated rings. The summed E-state index contributed by atoms with van der Waals surface area (Å²) in [5.74, 6) is 0.210. The molecule has 0 aliphatic rings. The molecule has 0 spiro atoms. The molecule has 0 aromatic heterocycles. The highest BCUT2D eigenvalue weighted by molar-refractivity contribution is 6.05. The summed E-state index contributed by atoms with van der Waals surface area (Å²) in [5.41, 5.74) is 1.99. The van der Waals surface area contributed by atoms with Gasteiger partial charge in [-0.15, -0.1) is 0 Å². The molecule has 134 valence electrons. The minimum Gasteiger partial charge on any atom is -0.489 e. The molecule has 2 aromatic carbocycles. The van der Waals surface area contributed by atoms with Gasteiger partial charge < -0.3 is 14.8 Å². The van der Waals surface area contributed by atoms with Gasteiger partial charge in [-0.2, -0.15) is 0 Å². The predicted octanol–water partition coefficient (Wildman–Crippen LogP) is 4.30. The van der Waals surface area contributed by atoms with E-state index < -0.39 is 5.82 Å². The molecule has 5 heteroatoms. The summed E-state index contributed by atoms with van der Waals surface area (Å²) in [6.07, 6.45) is 0.962. The van der Waals surface area contributed by atoms with Gasteiger partial charge in [0.1, 0.15) is 18.2 Å². The van der Waals surface area contributed by atoms with Crippen molar-refractivity contribution in [2.45, 2.75) is 20.3 Å². The van der Waals surface area contributed by atoms with Gasteiger partial charge in [0.2, 0.25) is 0 Å². The summed E-state index contributed by atoms with van der Waals surface area (Å²) in [6, 6.07) is 11.5. The van der Waals surface area contributed by atoms with Crippen molar-refractivity contribution in [1.82, 2.24) is 0 Å². The molecule has 0 atom stereocenters. The molecule has 0 aliphatic heterocycles. The molecular weight excluding hydrogens is 321 g/mol. The lowest BCUT2D eigenvalue weighted by Gasteiger charge is -2.13. The van der Waals surface area contributed by atoms with Crippen LogP contribution in [0.1, 0.15) is 29.8 Å². The molecule has 0 aliphatic carbocycles. The Balaban J connectivity index is 2.09. The first-order chi connectivity index (χ1) is 12.0. The number of hydrogen-bond acceptors (Lipinski definition) is 3. The number of carbonyl (C=O) groups is 1. The molecule has 4 nitrogen and oxygen atoms in total. The third-order valence-electron chi connectivity index (χ3n) is 3.59. The zero-order chi connectivity index (χ0) is 18.2. The number of halogens is 1. The monoisotopic (exact) mass is 345 g/mol. The van der Waals surface area contributed by atoms with Crippen molar-refractivity contribution in [2.75, 3.05) is 25.6 Å². The Kier molecular flexibility index (Phi) is 6.95. The second-order valence-electron chi connectivity index (χ2n) is 6.23. The van der Waals surface area contributed by atoms with E-state index in [9.17, 15) is 9.18 Å². The maximum absolute atomic E-state index is 13.5. The van der Waals surface area contributed by atoms with E-state index >= 15 is 0 Å². The summed E-state index contributed by atoms with van der Waals surface area (Å²) in [4.78, 5) is 12.4. The second-order valence-corrected chi connectivity index (χ2v) is 6.23. The smallest absolute Gasteiger partial charge is 0.255 e. The van der Waals surface area contributed by atoms with E-state index in [0.717, 1.165) is 6.42 Å². The quantitative estimate of drug-likeness (QED) is 0.726. The van der Waals surface area contributed by atoms with Crippen LogP contribution in [0.25, 0.3) is 0 Å². The molecule has 0 bridgehead atoms. The normalized spacial score (nSPS) is 10.8. The van der Waals surface area contributed by atoms with Crippen molar-refractivity contribution >= 4 is 11.6 Å². The highest BCUT2D eigenvalue weighted by Crippen LogP contribution is 2.26. The molecule has 0 saturated carbocycles. The van der Waals surface area contributed by atoms with Crippen LogP contribution in [0, 0.1) is 11.7 Å². The van der Waals surface area contributed by atoms with Crippen molar-refractivity contribution in [3.8, 4) is 5.75 Å². The molecule has 0 heterocycles. The van der Waals surface area contributed by atoms with E-state index in [2.05, 4.69) is 19.2 Å². The number of methoxy groups -OCH3 is 1. The van der Waals surface area contributed by atoms with Gasteiger partial charge in [-0.05, 0) is 42.2 Å². The number of hydrogen-bond donors (Lipinski definition) is 1. The van der Waals surface area contributed by atoms with Crippen LogP contribution >= 0.6 is 0 Å². The van der Waals surface area contributed by atoms with E-state index in [1.54, 1.807) is 19.2 Å². The van der Waals surface area contributed by atoms with Gasteiger partial charge in [0, 0.05) is 18.7 Å². The molecule has 0 unspecified atom stereocenters. The van der Waals surface area contributed by atoms with Crippen molar-refractivity contribution in [1.29, 1.82) is 0 Å². The van der Waals surface area contributed by atoms with Gasteiger partial charge in [-0.3, -0.25) is 4.79 Å². The summed E-state index contributed by atoms with van der Waals surface area (Å²) in [6.45, 7) is 5.02. The highest BCUT2D eigenvalue weighted by Gasteiger charge is 2.12. The Morgan fingerprint density at radius 2 is 1.84 bits per heavy atom. The van der Waals surface area contributed by atoms with Gasteiger partial charge in [0.15, 0.2) is 0 Å². The van der Waals surface area contributed by atoms with Crippen LogP contribution in [0.4, 0.5) is 10.1 Å². The lowest BCUT2D eigenvalue weighted by atomic mass is 10.0. The average molecular weight is 345 g/mol. The summed E-state index contributed by atoms with van der Waals surface area (Å²) < 4.78 is 24.0. The van der Waals surface area contributed by atoms with Crippen molar-refractivity contribution in [3.05, 3.63) is 59.4 Å². The van der Waals surface area contributed by atoms with Crippen LogP contribution in [-0.4, -0.2) is 26.2 Å². The Bertz CT molecular complexity index is 699. The number of ether oxygens (including phenoxy) is 2. The first-order valence-corrected chi connectivity index (χ1v) is 8.31. The first kappa shape index (κ1) is 18.9. The highest BCUT2D eigenvalue weighted by atomic mass is 19.1. The molecule has 1 amide bonds. The van der Waals surface area contributed by atoms with Crippen LogP contribution < -0.4 is 10.1 Å². The van der Waals surface area contributed by atoms with E-state index in [4.69, 9.17) is 9.47 Å². The average Bonchev–Trinajstić information content (AvgIpc) is 2.57. The molecular formula is C20H24FNO3. The third kappa shape index (κ3) is 5.87. The number of anilines is 1.